The molecular weight excluding hydrogens is 144 g/mol. The highest BCUT2D eigenvalue weighted by atomic mass is 16.7. The largest absolute Gasteiger partial charge is 0.380 e. The van der Waals surface area contributed by atoms with E-state index in [4.69, 9.17) is 14.2 Å². The lowest BCUT2D eigenvalue weighted by Gasteiger charge is -2.47. The van der Waals surface area contributed by atoms with Gasteiger partial charge in [-0.2, -0.15) is 0 Å². The lowest BCUT2D eigenvalue weighted by atomic mass is 9.87. The van der Waals surface area contributed by atoms with Crippen LogP contribution in [-0.4, -0.2) is 32.2 Å². The first-order valence-corrected chi connectivity index (χ1v) is 3.98. The van der Waals surface area contributed by atoms with Crippen molar-refractivity contribution in [3.8, 4) is 0 Å². The molecule has 2 aliphatic heterocycles. The molecule has 0 aromatic heterocycles. The van der Waals surface area contributed by atoms with E-state index in [-0.39, 0.29) is 11.2 Å². The molecule has 1 spiro atoms. The maximum Gasteiger partial charge on any atom is 0.162 e. The van der Waals surface area contributed by atoms with E-state index in [2.05, 4.69) is 0 Å². The van der Waals surface area contributed by atoms with Crippen molar-refractivity contribution in [2.75, 3.05) is 26.4 Å². The molecule has 2 rings (SSSR count). The fourth-order valence-electron chi connectivity index (χ4n) is 1.29. The highest BCUT2D eigenvalue weighted by Gasteiger charge is 2.45. The van der Waals surface area contributed by atoms with E-state index in [9.17, 15) is 0 Å². The van der Waals surface area contributed by atoms with Crippen LogP contribution in [0.25, 0.3) is 0 Å². The van der Waals surface area contributed by atoms with Crippen LogP contribution in [0.3, 0.4) is 0 Å². The smallest absolute Gasteiger partial charge is 0.162 e. The van der Waals surface area contributed by atoms with E-state index in [1.165, 1.54) is 0 Å². The molecule has 0 bridgehead atoms. The molecule has 2 heterocycles. The van der Waals surface area contributed by atoms with E-state index in [0.717, 1.165) is 26.4 Å². The topological polar surface area (TPSA) is 27.7 Å². The molecule has 64 valence electrons. The molecule has 2 fully saturated rings. The number of hydrogen-bond donors (Lipinski definition) is 0. The summed E-state index contributed by atoms with van der Waals surface area (Å²) in [4.78, 5) is 0. The third kappa shape index (κ3) is 1.28. The first-order valence-electron chi connectivity index (χ1n) is 3.98. The maximum atomic E-state index is 5.52. The molecular formula is C8H14O3. The summed E-state index contributed by atoms with van der Waals surface area (Å²) in [6.45, 7) is 7.03. The molecule has 0 saturated carbocycles. The van der Waals surface area contributed by atoms with Crippen molar-refractivity contribution in [2.45, 2.75) is 19.6 Å². The van der Waals surface area contributed by atoms with Crippen molar-refractivity contribution in [1.82, 2.24) is 0 Å². The molecule has 0 radical (unpaired) electrons. The SMILES string of the molecule is CC1(C)OCC2(COC2)CO1. The quantitative estimate of drug-likeness (QED) is 0.521. The molecule has 11 heavy (non-hydrogen) atoms. The second kappa shape index (κ2) is 2.19. The summed E-state index contributed by atoms with van der Waals surface area (Å²) in [5, 5.41) is 0. The zero-order valence-corrected chi connectivity index (χ0v) is 7.05. The van der Waals surface area contributed by atoms with Crippen LogP contribution in [-0.2, 0) is 14.2 Å². The second-order valence-electron chi connectivity index (χ2n) is 3.97. The van der Waals surface area contributed by atoms with Gasteiger partial charge in [0, 0.05) is 0 Å². The zero-order chi connectivity index (χ0) is 7.95. The Balaban J connectivity index is 1.94. The third-order valence-electron chi connectivity index (χ3n) is 2.27. The monoisotopic (exact) mass is 158 g/mol. The van der Waals surface area contributed by atoms with E-state index in [1.807, 2.05) is 13.8 Å². The van der Waals surface area contributed by atoms with Gasteiger partial charge in [-0.15, -0.1) is 0 Å². The average molecular weight is 158 g/mol. The van der Waals surface area contributed by atoms with Gasteiger partial charge in [-0.05, 0) is 13.8 Å². The normalized spacial score (nSPS) is 33.3. The summed E-state index contributed by atoms with van der Waals surface area (Å²) >= 11 is 0. The van der Waals surface area contributed by atoms with Crippen LogP contribution in [0.4, 0.5) is 0 Å². The van der Waals surface area contributed by atoms with Crippen LogP contribution in [0.1, 0.15) is 13.8 Å². The fraction of sp³-hybridized carbons (Fsp3) is 1.00. The molecule has 2 aliphatic rings. The first kappa shape index (κ1) is 7.53. The van der Waals surface area contributed by atoms with Gasteiger partial charge < -0.3 is 14.2 Å². The van der Waals surface area contributed by atoms with Gasteiger partial charge in [0.15, 0.2) is 5.79 Å². The molecule has 0 aliphatic carbocycles. The average Bonchev–Trinajstić information content (AvgIpc) is 1.84. The molecule has 0 unspecified atom stereocenters. The number of ether oxygens (including phenoxy) is 3. The Morgan fingerprint density at radius 3 is 1.82 bits per heavy atom. The fourth-order valence-corrected chi connectivity index (χ4v) is 1.29. The molecule has 2 saturated heterocycles. The zero-order valence-electron chi connectivity index (χ0n) is 7.05. The van der Waals surface area contributed by atoms with Crippen LogP contribution in [0.2, 0.25) is 0 Å². The lowest BCUT2D eigenvalue weighted by molar-refractivity contribution is -0.324. The summed E-state index contributed by atoms with van der Waals surface area (Å²) in [5.41, 5.74) is 0.190. The second-order valence-corrected chi connectivity index (χ2v) is 3.97. The van der Waals surface area contributed by atoms with Crippen LogP contribution in [0, 0.1) is 5.41 Å². The van der Waals surface area contributed by atoms with Crippen molar-refractivity contribution in [3.05, 3.63) is 0 Å². The van der Waals surface area contributed by atoms with Gasteiger partial charge in [0.05, 0.1) is 31.8 Å². The molecule has 0 amide bonds. The predicted octanol–water partition coefficient (Wildman–Crippen LogP) is 0.786. The van der Waals surface area contributed by atoms with Crippen molar-refractivity contribution in [1.29, 1.82) is 0 Å². The Kier molecular flexibility index (Phi) is 1.50. The number of rotatable bonds is 0. The van der Waals surface area contributed by atoms with Crippen LogP contribution in [0.5, 0.6) is 0 Å². The van der Waals surface area contributed by atoms with Crippen molar-refractivity contribution >= 4 is 0 Å². The Hall–Kier alpha value is -0.120. The molecule has 0 aromatic rings. The van der Waals surface area contributed by atoms with Gasteiger partial charge in [0.25, 0.3) is 0 Å². The Bertz CT molecular complexity index is 149. The van der Waals surface area contributed by atoms with Crippen LogP contribution >= 0.6 is 0 Å². The van der Waals surface area contributed by atoms with Gasteiger partial charge in [0.2, 0.25) is 0 Å². The Morgan fingerprint density at radius 2 is 1.45 bits per heavy atom. The minimum atomic E-state index is -0.388. The Morgan fingerprint density at radius 1 is 0.909 bits per heavy atom. The van der Waals surface area contributed by atoms with Crippen molar-refractivity contribution < 1.29 is 14.2 Å². The summed E-state index contributed by atoms with van der Waals surface area (Å²) in [6.07, 6.45) is 0. The number of hydrogen-bond acceptors (Lipinski definition) is 3. The third-order valence-corrected chi connectivity index (χ3v) is 2.27. The van der Waals surface area contributed by atoms with Crippen LogP contribution < -0.4 is 0 Å². The van der Waals surface area contributed by atoms with Crippen molar-refractivity contribution in [3.63, 3.8) is 0 Å². The molecule has 0 N–H and O–H groups in total. The molecule has 0 atom stereocenters. The van der Waals surface area contributed by atoms with E-state index in [1.54, 1.807) is 0 Å². The van der Waals surface area contributed by atoms with Gasteiger partial charge >= 0.3 is 0 Å². The molecule has 3 nitrogen and oxygen atoms in total. The van der Waals surface area contributed by atoms with Crippen LogP contribution in [0.15, 0.2) is 0 Å². The maximum absolute atomic E-state index is 5.52. The Labute approximate surface area is 66.6 Å². The first-order chi connectivity index (χ1) is 5.12. The summed E-state index contributed by atoms with van der Waals surface area (Å²) in [6, 6.07) is 0. The molecule has 3 heteroatoms. The summed E-state index contributed by atoms with van der Waals surface area (Å²) in [7, 11) is 0. The van der Waals surface area contributed by atoms with Gasteiger partial charge in [-0.1, -0.05) is 0 Å². The van der Waals surface area contributed by atoms with Crippen molar-refractivity contribution in [2.24, 2.45) is 5.41 Å². The van der Waals surface area contributed by atoms with E-state index >= 15 is 0 Å². The summed E-state index contributed by atoms with van der Waals surface area (Å²) < 4.78 is 16.2. The van der Waals surface area contributed by atoms with Gasteiger partial charge in [0.1, 0.15) is 0 Å². The van der Waals surface area contributed by atoms with Gasteiger partial charge in [-0.3, -0.25) is 0 Å². The highest BCUT2D eigenvalue weighted by molar-refractivity contribution is 4.88. The highest BCUT2D eigenvalue weighted by Crippen LogP contribution is 2.35. The summed E-state index contributed by atoms with van der Waals surface area (Å²) in [5.74, 6) is -0.388. The predicted molar refractivity (Wildman–Crippen MR) is 39.2 cm³/mol. The standard InChI is InChI=1S/C8H14O3/c1-7(2)10-5-8(6-11-7)3-9-4-8/h3-6H2,1-2H3. The minimum Gasteiger partial charge on any atom is -0.380 e. The van der Waals surface area contributed by atoms with E-state index in [0.29, 0.717) is 0 Å². The van der Waals surface area contributed by atoms with Gasteiger partial charge in [-0.25, -0.2) is 0 Å². The lowest BCUT2D eigenvalue weighted by Crippen LogP contribution is -2.56. The molecule has 0 aromatic carbocycles. The van der Waals surface area contributed by atoms with E-state index < -0.39 is 0 Å². The minimum absolute atomic E-state index is 0.190.